The summed E-state index contributed by atoms with van der Waals surface area (Å²) in [5, 5.41) is 67.0. The molecule has 68 heteroatoms. The van der Waals surface area contributed by atoms with Gasteiger partial charge in [0.2, 0.25) is 7.57 Å². The maximum absolute atomic E-state index is 11.6. The zero-order valence-electron chi connectivity index (χ0n) is 59.5. The molecule has 0 aromatic heterocycles. The smallest absolute Gasteiger partial charge is 0.390 e. The van der Waals surface area contributed by atoms with Gasteiger partial charge in [-0.05, 0) is 0 Å². The molecule has 31 atom stereocenters. The van der Waals surface area contributed by atoms with Crippen LogP contribution >= 0.6 is 76.0 Å². The number of hydrogen-bond donors (Lipinski definition) is 22. The standard InChI is InChI=1S/C7H15BO8P2.C6H12B2O8P2.C6H13BO8P2Se.C6H12BO7P.3C6H12BO6P.CH4/c1-4-6(9)5(15-7(4)8)3-14-17(2,10)16-18(11,12)13;1-3-5(9)4(15-6(3)7)2-14-17(8,10)16-18(11,12)13;1-3-5(8)4(14-6(3)7)2-13-17(12,18)15-16(9,10)11;1-12-5-4(8)3(14-6(5)7)2-13-15(9,10)11;3*1-3-5(8)4(13-6(3)7)2-12-14(9,10)11;/h4-7,9H,3H2,1-2H3,(H2,11,12,13);3-6,9H,2H2,1H3,(H2,11,12,13);3-6,8H,2H2,1H3,(H,12,18)(H2,9,10,11);3-6,8H,2H2,1H3,(H2,9,10,11);3*3-6,8H,2H2,1H3,(H2,9,10,11);1H4/t4-,5-,6+,7-,17?;2*3-,4-,5+,6-,17?;3-,4-,5-,6-;3*3-,4-,5+,6-;/m1111111./s1. The molecule has 7 rings (SSSR count). The Hall–Kier alpha value is 1.94. The Balaban J connectivity index is 0.00000129. The minimum absolute atomic E-state index is 0. The van der Waals surface area contributed by atoms with Gasteiger partial charge in [0.05, 0.1) is 70.2 Å². The SMILES string of the molecule is C.[B][C@@H]1O[C@H](COP(=O)(O)O)[C@@H](O)[C@H]1C.[B][C@@H]1O[C@H](COP(=O)(O)O)[C@@H](O)[C@H]1C.[B][C@@H]1O[C@H](COP(=O)(O)O)[C@@H](O)[C@H]1C.[B][C@@H]1O[C@H](COP(=O)(O)O)[C@@H](O)[C@H]1OC.[B][C@@H]1O[C@H](COP(C)(=O)OP(=O)(O)O)[C@@H](O)[C@H]1C.[B][C@@H]1O[C@H](COP(O)(=[Se])OP(=O)(O)O)[C@@H](O)[C@H]1C.[B][C@@H]1O[C@H](COP([B])(=O)OP(=O)(O)O)[C@@H](O)[C@H]1C. The first kappa shape index (κ1) is 114. The summed E-state index contributed by atoms with van der Waals surface area (Å²) in [6.45, 7) is 8.30. The third-order valence-corrected chi connectivity index (χ3v) is 26.8. The van der Waals surface area contributed by atoms with Crippen LogP contribution in [0.3, 0.4) is 0 Å². The van der Waals surface area contributed by atoms with Crippen LogP contribution in [0, 0.1) is 35.5 Å². The minimum Gasteiger partial charge on any atom is -0.390 e. The van der Waals surface area contributed by atoms with Crippen molar-refractivity contribution in [3.63, 3.8) is 0 Å². The van der Waals surface area contributed by atoms with Gasteiger partial charge in [-0.2, -0.15) is 0 Å². The Bertz CT molecular complexity index is 3020. The van der Waals surface area contributed by atoms with Gasteiger partial charge < -0.3 is 132 Å². The van der Waals surface area contributed by atoms with Crippen LogP contribution in [-0.2, 0) is 124 Å². The fourth-order valence-corrected chi connectivity index (χ4v) is 18.3. The second-order valence-corrected chi connectivity index (χ2v) is 41.9. The molecule has 0 spiro atoms. The van der Waals surface area contributed by atoms with E-state index in [1.807, 2.05) is 15.1 Å². The normalized spacial score (nSPS) is 37.1. The minimum atomic E-state index is -5.03. The van der Waals surface area contributed by atoms with Crippen molar-refractivity contribution in [3.8, 4) is 0 Å². The van der Waals surface area contributed by atoms with E-state index in [4.69, 9.17) is 178 Å². The van der Waals surface area contributed by atoms with E-state index in [9.17, 15) is 81.7 Å². The summed E-state index contributed by atoms with van der Waals surface area (Å²) in [5.74, 6) is -1.83. The molecular weight excluding hydrogens is 1790 g/mol. The van der Waals surface area contributed by atoms with E-state index >= 15 is 0 Å². The van der Waals surface area contributed by atoms with Crippen molar-refractivity contribution in [1.29, 1.82) is 0 Å². The Labute approximate surface area is 661 Å². The van der Waals surface area contributed by atoms with E-state index in [0.717, 1.165) is 6.66 Å². The van der Waals surface area contributed by atoms with Gasteiger partial charge in [-0.25, -0.2) is 36.0 Å². The number of methoxy groups -OCH3 is 1. The van der Waals surface area contributed by atoms with Crippen LogP contribution in [0.4, 0.5) is 0 Å². The molecule has 7 aliphatic heterocycles. The van der Waals surface area contributed by atoms with Crippen molar-refractivity contribution in [2.75, 3.05) is 60.0 Å². The second-order valence-electron chi connectivity index (χ2n) is 24.8. The van der Waals surface area contributed by atoms with Crippen molar-refractivity contribution >= 4 is 154 Å². The number of aliphatic hydroxyl groups excluding tert-OH is 7. The van der Waals surface area contributed by atoms with Crippen LogP contribution in [0.25, 0.3) is 0 Å². The molecule has 0 bridgehead atoms. The molecule has 7 aliphatic rings. The number of ether oxygens (including phenoxy) is 8. The average molecular weight is 1880 g/mol. The molecule has 7 heterocycles. The molecule has 0 amide bonds. The van der Waals surface area contributed by atoms with E-state index in [-0.39, 0.29) is 76.0 Å². The van der Waals surface area contributed by atoms with Crippen LogP contribution in [-0.4, -0.2) is 380 Å². The molecule has 3 unspecified atom stereocenters. The van der Waals surface area contributed by atoms with Gasteiger partial charge in [-0.1, -0.05) is 42.0 Å². The van der Waals surface area contributed by atoms with Crippen molar-refractivity contribution in [1.82, 2.24) is 0 Å². The van der Waals surface area contributed by atoms with Crippen LogP contribution in [0.1, 0.15) is 49.0 Å². The summed E-state index contributed by atoms with van der Waals surface area (Å²) in [4.78, 5) is 128. The quantitative estimate of drug-likeness (QED) is 0.0256. The van der Waals surface area contributed by atoms with Gasteiger partial charge in [-0.3, -0.25) is 27.2 Å². The predicted molar refractivity (Wildman–Crippen MR) is 386 cm³/mol. The molecule has 7 fully saturated rings. The largest absolute Gasteiger partial charge is 0.476 e. The van der Waals surface area contributed by atoms with Crippen LogP contribution in [0.5, 0.6) is 0 Å². The van der Waals surface area contributed by atoms with Gasteiger partial charge in [0, 0.05) is 79.4 Å². The molecule has 0 aromatic rings. The fourth-order valence-electron chi connectivity index (χ4n) is 9.42. The zero-order valence-corrected chi connectivity index (χ0v) is 70.1. The summed E-state index contributed by atoms with van der Waals surface area (Å²) in [7, 11) is 3.46. The van der Waals surface area contributed by atoms with Gasteiger partial charge in [0.15, 0.2) is 0 Å². The second kappa shape index (κ2) is 48.4. The zero-order chi connectivity index (χ0) is 86.8. The molecule has 642 valence electrons. The van der Waals surface area contributed by atoms with Crippen molar-refractivity contribution < 1.29 is 233 Å². The molecule has 0 aliphatic carbocycles. The molecule has 7 saturated heterocycles. The van der Waals surface area contributed by atoms with Gasteiger partial charge >= 0.3 is 167 Å². The van der Waals surface area contributed by atoms with Crippen molar-refractivity contribution in [2.24, 2.45) is 35.5 Å². The van der Waals surface area contributed by atoms with Crippen LogP contribution in [0.2, 0.25) is 0 Å². The summed E-state index contributed by atoms with van der Waals surface area (Å²) >= 11 is 2.03. The Morgan fingerprint density at radius 2 is 0.500 bits per heavy atom. The molecule has 0 aromatic carbocycles. The van der Waals surface area contributed by atoms with Crippen molar-refractivity contribution in [3.05, 3.63) is 0 Å². The third kappa shape index (κ3) is 44.5. The van der Waals surface area contributed by atoms with Crippen LogP contribution < -0.4 is 0 Å². The molecular formula is C44H92B8O49P10Se. The predicted octanol–water partition coefficient (Wildman–Crippen LogP) is -6.09. The summed E-state index contributed by atoms with van der Waals surface area (Å²) in [6, 6.07) is -4.78. The fraction of sp³-hybridized carbons (Fsp3) is 1.00. The molecule has 22 N–H and O–H groups in total. The summed E-state index contributed by atoms with van der Waals surface area (Å²) < 4.78 is 179. The Morgan fingerprint density at radius 3 is 0.688 bits per heavy atom. The van der Waals surface area contributed by atoms with E-state index < -0.39 is 223 Å². The van der Waals surface area contributed by atoms with Gasteiger partial charge in [-0.15, -0.1) is 0 Å². The number of aliphatic hydroxyl groups is 7. The first-order chi connectivity index (χ1) is 49.8. The number of phosphoric ester groups is 4. The Morgan fingerprint density at radius 1 is 0.304 bits per heavy atom. The molecule has 112 heavy (non-hydrogen) atoms. The maximum Gasteiger partial charge on any atom is 0.476 e. The van der Waals surface area contributed by atoms with Crippen LogP contribution in [0.15, 0.2) is 0 Å². The topological polar surface area (TPSA) is 765 Å². The summed E-state index contributed by atoms with van der Waals surface area (Å²) in [6.07, 6.45) is -16.7. The van der Waals surface area contributed by atoms with Crippen molar-refractivity contribution in [2.45, 2.75) is 183 Å². The third-order valence-electron chi connectivity index (χ3n) is 15.9. The van der Waals surface area contributed by atoms with E-state index in [0.29, 0.717) is 0 Å². The number of hydrogen-bond acceptors (Lipinski definition) is 35. The monoisotopic (exact) mass is 1880 g/mol. The first-order valence-electron chi connectivity index (χ1n) is 31.3. The van der Waals surface area contributed by atoms with Gasteiger partial charge in [0.1, 0.15) is 95.9 Å². The van der Waals surface area contributed by atoms with E-state index in [1.54, 1.807) is 41.5 Å². The summed E-state index contributed by atoms with van der Waals surface area (Å²) in [5.41, 5.74) is 0. The van der Waals surface area contributed by atoms with E-state index in [1.165, 1.54) is 7.11 Å². The maximum atomic E-state index is 11.6. The molecule has 0 saturated carbocycles. The van der Waals surface area contributed by atoms with E-state index in [2.05, 4.69) is 35.6 Å². The number of phosphoric acid groups is 7. The number of rotatable bonds is 28. The first-order valence-corrected chi connectivity index (χ1v) is 49.4. The molecule has 49 nitrogen and oxygen atoms in total. The van der Waals surface area contributed by atoms with Gasteiger partial charge in [0.25, 0.3) is 7.47 Å². The Kier molecular flexibility index (Phi) is 49.3. The average Bonchev–Trinajstić information content (AvgIpc) is 1.47. The molecule has 16 radical (unpaired) electrons.